The second kappa shape index (κ2) is 7.27. The minimum atomic E-state index is -0.444. The molecule has 1 aromatic heterocycles. The third-order valence-electron chi connectivity index (χ3n) is 5.32. The number of rotatable bonds is 4. The Hall–Kier alpha value is -3.08. The lowest BCUT2D eigenvalue weighted by atomic mass is 9.93. The zero-order valence-corrected chi connectivity index (χ0v) is 15.4. The van der Waals surface area contributed by atoms with Crippen molar-refractivity contribution in [3.8, 4) is 0 Å². The van der Waals surface area contributed by atoms with E-state index in [1.54, 1.807) is 4.90 Å². The van der Waals surface area contributed by atoms with Crippen LogP contribution in [0.5, 0.6) is 0 Å². The summed E-state index contributed by atoms with van der Waals surface area (Å²) in [5.74, 6) is -0.152. The molecule has 0 radical (unpaired) electrons. The quantitative estimate of drug-likeness (QED) is 0.750. The fraction of sp³-hybridized carbons (Fsp3) is 0.273. The van der Waals surface area contributed by atoms with Gasteiger partial charge in [0.2, 0.25) is 11.8 Å². The number of aromatic amines is 1. The highest BCUT2D eigenvalue weighted by molar-refractivity contribution is 5.88. The number of para-hydroxylation sites is 1. The van der Waals surface area contributed by atoms with E-state index in [0.717, 1.165) is 23.1 Å². The highest BCUT2D eigenvalue weighted by Crippen LogP contribution is 2.23. The highest BCUT2D eigenvalue weighted by atomic mass is 16.2. The fourth-order valence-electron chi connectivity index (χ4n) is 3.86. The van der Waals surface area contributed by atoms with Crippen molar-refractivity contribution in [3.05, 3.63) is 71.4 Å². The van der Waals surface area contributed by atoms with Gasteiger partial charge in [-0.3, -0.25) is 9.59 Å². The van der Waals surface area contributed by atoms with Gasteiger partial charge in [0.05, 0.1) is 0 Å². The average Bonchev–Trinajstić information content (AvgIpc) is 3.10. The van der Waals surface area contributed by atoms with Crippen molar-refractivity contribution in [2.75, 3.05) is 6.54 Å². The maximum absolute atomic E-state index is 12.8. The standard InChI is InChI=1S/C22H23N3O2/c1-15(26)25-14-18-7-3-2-6-16(18)12-21(25)22(27)23-11-10-17-13-24-20-9-5-4-8-19(17)20/h2-9,13,21,24H,10-12,14H2,1H3,(H,23,27). The van der Waals surface area contributed by atoms with Gasteiger partial charge in [0.1, 0.15) is 6.04 Å². The number of carbonyl (C=O) groups is 2. The van der Waals surface area contributed by atoms with E-state index in [9.17, 15) is 9.59 Å². The van der Waals surface area contributed by atoms with Crippen LogP contribution in [0.2, 0.25) is 0 Å². The van der Waals surface area contributed by atoms with E-state index < -0.39 is 6.04 Å². The number of hydrogen-bond donors (Lipinski definition) is 2. The third-order valence-corrected chi connectivity index (χ3v) is 5.32. The van der Waals surface area contributed by atoms with Gasteiger partial charge < -0.3 is 15.2 Å². The Morgan fingerprint density at radius 1 is 1.11 bits per heavy atom. The van der Waals surface area contributed by atoms with E-state index in [4.69, 9.17) is 0 Å². The second-order valence-corrected chi connectivity index (χ2v) is 7.04. The Kier molecular flexibility index (Phi) is 4.67. The van der Waals surface area contributed by atoms with Crippen LogP contribution >= 0.6 is 0 Å². The number of amides is 2. The average molecular weight is 361 g/mol. The summed E-state index contributed by atoms with van der Waals surface area (Å²) in [5, 5.41) is 4.21. The van der Waals surface area contributed by atoms with Gasteiger partial charge in [0.25, 0.3) is 0 Å². The van der Waals surface area contributed by atoms with E-state index in [0.29, 0.717) is 19.5 Å². The van der Waals surface area contributed by atoms with Crippen LogP contribution in [0.25, 0.3) is 10.9 Å². The lowest BCUT2D eigenvalue weighted by Crippen LogP contribution is -2.52. The molecule has 3 aromatic rings. The molecule has 1 atom stereocenters. The van der Waals surface area contributed by atoms with Gasteiger partial charge in [-0.1, -0.05) is 42.5 Å². The summed E-state index contributed by atoms with van der Waals surface area (Å²) >= 11 is 0. The van der Waals surface area contributed by atoms with Gasteiger partial charge in [-0.15, -0.1) is 0 Å². The van der Waals surface area contributed by atoms with Crippen molar-refractivity contribution in [2.24, 2.45) is 0 Å². The lowest BCUT2D eigenvalue weighted by molar-refractivity contribution is -0.140. The first kappa shape index (κ1) is 17.3. The molecular formula is C22H23N3O2. The number of H-pyrrole nitrogens is 1. The van der Waals surface area contributed by atoms with Gasteiger partial charge in [0.15, 0.2) is 0 Å². The molecule has 0 saturated carbocycles. The van der Waals surface area contributed by atoms with E-state index in [2.05, 4.69) is 16.4 Å². The Labute approximate surface area is 158 Å². The maximum atomic E-state index is 12.8. The monoisotopic (exact) mass is 361 g/mol. The maximum Gasteiger partial charge on any atom is 0.243 e. The molecule has 27 heavy (non-hydrogen) atoms. The van der Waals surface area contributed by atoms with Crippen LogP contribution in [0, 0.1) is 0 Å². The first-order valence-corrected chi connectivity index (χ1v) is 9.30. The van der Waals surface area contributed by atoms with Crippen molar-refractivity contribution >= 4 is 22.7 Å². The molecule has 2 heterocycles. The summed E-state index contributed by atoms with van der Waals surface area (Å²) < 4.78 is 0. The van der Waals surface area contributed by atoms with Crippen LogP contribution < -0.4 is 5.32 Å². The molecule has 0 fully saturated rings. The predicted molar refractivity (Wildman–Crippen MR) is 105 cm³/mol. The van der Waals surface area contributed by atoms with Crippen molar-refractivity contribution in [1.82, 2.24) is 15.2 Å². The minimum Gasteiger partial charge on any atom is -0.361 e. The van der Waals surface area contributed by atoms with E-state index in [-0.39, 0.29) is 11.8 Å². The van der Waals surface area contributed by atoms with Crippen LogP contribution in [0.4, 0.5) is 0 Å². The molecular weight excluding hydrogens is 338 g/mol. The fourth-order valence-corrected chi connectivity index (χ4v) is 3.86. The SMILES string of the molecule is CC(=O)N1Cc2ccccc2CC1C(=O)NCCc1c[nH]c2ccccc12. The normalized spacial score (nSPS) is 16.2. The van der Waals surface area contributed by atoms with E-state index in [1.807, 2.05) is 48.7 Å². The number of hydrogen-bond acceptors (Lipinski definition) is 2. The van der Waals surface area contributed by atoms with Crippen molar-refractivity contribution in [2.45, 2.75) is 32.4 Å². The summed E-state index contributed by atoms with van der Waals surface area (Å²) in [6, 6.07) is 15.7. The van der Waals surface area contributed by atoms with Crippen molar-refractivity contribution < 1.29 is 9.59 Å². The molecule has 0 bridgehead atoms. The van der Waals surface area contributed by atoms with Gasteiger partial charge in [-0.25, -0.2) is 0 Å². The van der Waals surface area contributed by atoms with Crippen molar-refractivity contribution in [3.63, 3.8) is 0 Å². The van der Waals surface area contributed by atoms with E-state index in [1.165, 1.54) is 17.9 Å². The van der Waals surface area contributed by atoms with Crippen LogP contribution in [-0.4, -0.2) is 34.3 Å². The Bertz CT molecular complexity index is 992. The molecule has 0 spiro atoms. The Morgan fingerprint density at radius 3 is 2.67 bits per heavy atom. The third kappa shape index (κ3) is 3.45. The summed E-state index contributed by atoms with van der Waals surface area (Å²) in [6.45, 7) is 2.57. The van der Waals surface area contributed by atoms with Gasteiger partial charge in [-0.05, 0) is 29.2 Å². The number of aromatic nitrogens is 1. The molecule has 5 heteroatoms. The predicted octanol–water partition coefficient (Wildman–Crippen LogP) is 2.80. The molecule has 1 aliphatic rings. The number of carbonyl (C=O) groups excluding carboxylic acids is 2. The number of nitrogens with one attached hydrogen (secondary N) is 2. The molecule has 4 rings (SSSR count). The van der Waals surface area contributed by atoms with Gasteiger partial charge in [0, 0.05) is 43.5 Å². The van der Waals surface area contributed by atoms with Gasteiger partial charge >= 0.3 is 0 Å². The molecule has 1 aliphatic heterocycles. The topological polar surface area (TPSA) is 65.2 Å². The van der Waals surface area contributed by atoms with Crippen LogP contribution in [0.1, 0.15) is 23.6 Å². The summed E-state index contributed by atoms with van der Waals surface area (Å²) in [4.78, 5) is 29.8. The molecule has 138 valence electrons. The number of nitrogens with zero attached hydrogens (tertiary/aromatic N) is 1. The number of benzene rings is 2. The molecule has 1 unspecified atom stereocenters. The minimum absolute atomic E-state index is 0.0683. The van der Waals surface area contributed by atoms with Gasteiger partial charge in [-0.2, -0.15) is 0 Å². The van der Waals surface area contributed by atoms with Crippen LogP contribution in [0.15, 0.2) is 54.7 Å². The summed E-state index contributed by atoms with van der Waals surface area (Å²) in [7, 11) is 0. The Balaban J connectivity index is 1.43. The zero-order valence-electron chi connectivity index (χ0n) is 15.4. The second-order valence-electron chi connectivity index (χ2n) is 7.04. The first-order chi connectivity index (χ1) is 13.1. The first-order valence-electron chi connectivity index (χ1n) is 9.30. The smallest absolute Gasteiger partial charge is 0.243 e. The molecule has 5 nitrogen and oxygen atoms in total. The van der Waals surface area contributed by atoms with E-state index >= 15 is 0 Å². The largest absolute Gasteiger partial charge is 0.361 e. The summed E-state index contributed by atoms with van der Waals surface area (Å²) in [6.07, 6.45) is 3.31. The molecule has 2 N–H and O–H groups in total. The molecule has 2 aromatic carbocycles. The lowest BCUT2D eigenvalue weighted by Gasteiger charge is -2.35. The zero-order chi connectivity index (χ0) is 18.8. The molecule has 0 aliphatic carbocycles. The Morgan fingerprint density at radius 2 is 1.85 bits per heavy atom. The highest BCUT2D eigenvalue weighted by Gasteiger charge is 2.32. The molecule has 2 amide bonds. The van der Waals surface area contributed by atoms with Crippen molar-refractivity contribution in [1.29, 1.82) is 0 Å². The van der Waals surface area contributed by atoms with Crippen LogP contribution in [0.3, 0.4) is 0 Å². The van der Waals surface area contributed by atoms with Crippen LogP contribution in [-0.2, 0) is 29.0 Å². The summed E-state index contributed by atoms with van der Waals surface area (Å²) in [5.41, 5.74) is 4.55. The molecule has 0 saturated heterocycles. The number of fused-ring (bicyclic) bond motifs is 2.